The second kappa shape index (κ2) is 6.53. The molecule has 0 bridgehead atoms. The number of nitrogens with one attached hydrogen (secondary N) is 1. The Kier molecular flexibility index (Phi) is 5.33. The Morgan fingerprint density at radius 2 is 2.33 bits per heavy atom. The summed E-state index contributed by atoms with van der Waals surface area (Å²) in [5.41, 5.74) is 0.228. The maximum absolute atomic E-state index is 12.0. The number of alkyl halides is 1. The van der Waals surface area contributed by atoms with Crippen LogP contribution in [0, 0.1) is 10.1 Å². The number of rotatable bonds is 6. The Balaban J connectivity index is 2.80. The molecule has 0 aliphatic carbocycles. The van der Waals surface area contributed by atoms with Crippen LogP contribution in [0.5, 0.6) is 0 Å². The zero-order valence-corrected chi connectivity index (χ0v) is 11.9. The fourth-order valence-electron chi connectivity index (χ4n) is 1.64. The van der Waals surface area contributed by atoms with Gasteiger partial charge < -0.3 is 9.88 Å². The zero-order chi connectivity index (χ0) is 13.7. The molecule has 1 heterocycles. The second-order valence-corrected chi connectivity index (χ2v) is 4.80. The van der Waals surface area contributed by atoms with Crippen molar-refractivity contribution in [2.45, 2.75) is 25.8 Å². The molecule has 0 saturated heterocycles. The first kappa shape index (κ1) is 14.7. The van der Waals surface area contributed by atoms with E-state index in [4.69, 9.17) is 0 Å². The van der Waals surface area contributed by atoms with E-state index in [1.54, 1.807) is 7.05 Å². The molecular weight excluding hydrogens is 302 g/mol. The number of nitrogens with zero attached hydrogens (tertiary/aromatic N) is 2. The van der Waals surface area contributed by atoms with E-state index in [1.165, 1.54) is 16.8 Å². The third-order valence-electron chi connectivity index (χ3n) is 2.72. The van der Waals surface area contributed by atoms with E-state index < -0.39 is 4.92 Å². The van der Waals surface area contributed by atoms with Crippen LogP contribution in [0.3, 0.4) is 0 Å². The van der Waals surface area contributed by atoms with Crippen molar-refractivity contribution in [1.29, 1.82) is 0 Å². The third-order valence-corrected chi connectivity index (χ3v) is 3.18. The summed E-state index contributed by atoms with van der Waals surface area (Å²) in [5, 5.41) is 14.3. The molecular formula is C11H16BrN3O3. The molecule has 1 atom stereocenters. The fraction of sp³-hybridized carbons (Fsp3) is 0.545. The zero-order valence-electron chi connectivity index (χ0n) is 10.4. The molecule has 1 amide bonds. The topological polar surface area (TPSA) is 77.2 Å². The van der Waals surface area contributed by atoms with Crippen LogP contribution in [0.15, 0.2) is 12.3 Å². The molecule has 0 aliphatic rings. The first-order valence-electron chi connectivity index (χ1n) is 5.67. The first-order valence-corrected chi connectivity index (χ1v) is 6.79. The van der Waals surface area contributed by atoms with Crippen LogP contribution in [0.1, 0.15) is 30.3 Å². The molecule has 1 aromatic heterocycles. The van der Waals surface area contributed by atoms with E-state index in [1.807, 2.05) is 6.92 Å². The number of carbonyl (C=O) groups excluding carboxylic acids is 1. The van der Waals surface area contributed by atoms with Crippen LogP contribution in [0.2, 0.25) is 0 Å². The molecule has 0 saturated carbocycles. The van der Waals surface area contributed by atoms with Crippen molar-refractivity contribution < 1.29 is 9.72 Å². The Morgan fingerprint density at radius 1 is 1.67 bits per heavy atom. The summed E-state index contributed by atoms with van der Waals surface area (Å²) in [7, 11) is 1.62. The highest BCUT2D eigenvalue weighted by atomic mass is 79.9. The van der Waals surface area contributed by atoms with Crippen LogP contribution < -0.4 is 5.32 Å². The van der Waals surface area contributed by atoms with Gasteiger partial charge >= 0.3 is 0 Å². The molecule has 1 aromatic rings. The molecule has 7 heteroatoms. The van der Waals surface area contributed by atoms with Gasteiger partial charge in [0.05, 0.1) is 11.1 Å². The summed E-state index contributed by atoms with van der Waals surface area (Å²) in [6, 6.07) is 1.36. The number of carbonyl (C=O) groups is 1. The van der Waals surface area contributed by atoms with Crippen molar-refractivity contribution in [3.63, 3.8) is 0 Å². The van der Waals surface area contributed by atoms with Crippen molar-refractivity contribution in [1.82, 2.24) is 9.88 Å². The quantitative estimate of drug-likeness (QED) is 0.496. The summed E-state index contributed by atoms with van der Waals surface area (Å²) in [6.07, 6.45) is 2.99. The van der Waals surface area contributed by atoms with Crippen molar-refractivity contribution in [3.05, 3.63) is 28.1 Å². The standard InChI is InChI=1S/C11H16BrN3O3/c1-3-8(4-5-12)13-11(16)10-6-9(15(17)18)7-14(10)2/h6-8H,3-5H2,1-2H3,(H,13,16). The highest BCUT2D eigenvalue weighted by Gasteiger charge is 2.19. The molecule has 0 aliphatic heterocycles. The van der Waals surface area contributed by atoms with Gasteiger partial charge in [-0.25, -0.2) is 0 Å². The summed E-state index contributed by atoms with van der Waals surface area (Å²) in [4.78, 5) is 22.1. The minimum atomic E-state index is -0.507. The number of nitro groups is 1. The fourth-order valence-corrected chi connectivity index (χ4v) is 2.19. The third kappa shape index (κ3) is 3.56. The smallest absolute Gasteiger partial charge is 0.287 e. The first-order chi connectivity index (χ1) is 8.49. The van der Waals surface area contributed by atoms with Gasteiger partial charge in [-0.1, -0.05) is 22.9 Å². The second-order valence-electron chi connectivity index (χ2n) is 4.01. The van der Waals surface area contributed by atoms with Gasteiger partial charge in [-0.15, -0.1) is 0 Å². The Bertz CT molecular complexity index is 445. The summed E-state index contributed by atoms with van der Waals surface area (Å²) in [5.74, 6) is -0.279. The SMILES string of the molecule is CCC(CCBr)NC(=O)c1cc([N+](=O)[O-])cn1C. The van der Waals surface area contributed by atoms with E-state index >= 15 is 0 Å². The van der Waals surface area contributed by atoms with E-state index in [0.29, 0.717) is 5.69 Å². The van der Waals surface area contributed by atoms with Crippen LogP contribution in [-0.4, -0.2) is 26.8 Å². The average Bonchev–Trinajstić information content (AvgIpc) is 2.71. The summed E-state index contributed by atoms with van der Waals surface area (Å²) >= 11 is 3.33. The Morgan fingerprint density at radius 3 is 2.78 bits per heavy atom. The molecule has 1 unspecified atom stereocenters. The van der Waals surface area contributed by atoms with Gasteiger partial charge in [0.2, 0.25) is 0 Å². The lowest BCUT2D eigenvalue weighted by molar-refractivity contribution is -0.384. The largest absolute Gasteiger partial charge is 0.348 e. The van der Waals surface area contributed by atoms with Crippen LogP contribution in [0.4, 0.5) is 5.69 Å². The van der Waals surface area contributed by atoms with Gasteiger partial charge in [0.15, 0.2) is 0 Å². The highest BCUT2D eigenvalue weighted by molar-refractivity contribution is 9.09. The van der Waals surface area contributed by atoms with E-state index in [-0.39, 0.29) is 17.6 Å². The lowest BCUT2D eigenvalue weighted by Crippen LogP contribution is -2.35. The van der Waals surface area contributed by atoms with Crippen molar-refractivity contribution in [3.8, 4) is 0 Å². The number of hydrogen-bond donors (Lipinski definition) is 1. The molecule has 0 aromatic carbocycles. The number of aromatic nitrogens is 1. The van der Waals surface area contributed by atoms with E-state index in [2.05, 4.69) is 21.2 Å². The number of aryl methyl sites for hydroxylation is 1. The van der Waals surface area contributed by atoms with Crippen LogP contribution in [0.25, 0.3) is 0 Å². The molecule has 100 valence electrons. The number of amides is 1. The molecule has 1 rings (SSSR count). The lowest BCUT2D eigenvalue weighted by atomic mass is 10.1. The van der Waals surface area contributed by atoms with Crippen molar-refractivity contribution in [2.75, 3.05) is 5.33 Å². The van der Waals surface area contributed by atoms with Crippen molar-refractivity contribution in [2.24, 2.45) is 7.05 Å². The van der Waals surface area contributed by atoms with E-state index in [0.717, 1.165) is 18.2 Å². The predicted octanol–water partition coefficient (Wildman–Crippen LogP) is 2.23. The molecule has 0 fully saturated rings. The van der Waals surface area contributed by atoms with Gasteiger partial charge in [-0.3, -0.25) is 14.9 Å². The molecule has 1 N–H and O–H groups in total. The number of hydrogen-bond acceptors (Lipinski definition) is 3. The minimum Gasteiger partial charge on any atom is -0.348 e. The Hall–Kier alpha value is -1.37. The summed E-state index contributed by atoms with van der Waals surface area (Å²) < 4.78 is 1.47. The Labute approximate surface area is 114 Å². The van der Waals surface area contributed by atoms with Gasteiger partial charge in [0.1, 0.15) is 5.69 Å². The van der Waals surface area contributed by atoms with Crippen LogP contribution in [-0.2, 0) is 7.05 Å². The average molecular weight is 318 g/mol. The van der Waals surface area contributed by atoms with Gasteiger partial charge in [0.25, 0.3) is 11.6 Å². The van der Waals surface area contributed by atoms with Gasteiger partial charge in [-0.2, -0.15) is 0 Å². The molecule has 18 heavy (non-hydrogen) atoms. The van der Waals surface area contributed by atoms with Gasteiger partial charge in [-0.05, 0) is 12.8 Å². The summed E-state index contributed by atoms with van der Waals surface area (Å²) in [6.45, 7) is 1.99. The van der Waals surface area contributed by atoms with Crippen LogP contribution >= 0.6 is 15.9 Å². The minimum absolute atomic E-state index is 0.0730. The van der Waals surface area contributed by atoms with E-state index in [9.17, 15) is 14.9 Å². The normalized spacial score (nSPS) is 12.2. The van der Waals surface area contributed by atoms with Crippen molar-refractivity contribution >= 4 is 27.5 Å². The lowest BCUT2D eigenvalue weighted by Gasteiger charge is -2.15. The maximum Gasteiger partial charge on any atom is 0.287 e. The molecule has 6 nitrogen and oxygen atoms in total. The molecule has 0 radical (unpaired) electrons. The number of halogens is 1. The monoisotopic (exact) mass is 317 g/mol. The highest BCUT2D eigenvalue weighted by Crippen LogP contribution is 2.15. The predicted molar refractivity (Wildman–Crippen MR) is 72.0 cm³/mol. The maximum atomic E-state index is 12.0. The van der Waals surface area contributed by atoms with Gasteiger partial charge in [0, 0.05) is 24.5 Å². The molecule has 0 spiro atoms.